The Kier molecular flexibility index (Phi) is 29.0. The number of nitrogens with zero attached hydrogens (tertiary/aromatic N) is 2. The molecule has 1 aliphatic heterocycles. The molecule has 32 heteroatoms. The van der Waals surface area contributed by atoms with Gasteiger partial charge in [-0.25, -0.2) is 9.78 Å². The van der Waals surface area contributed by atoms with Crippen LogP contribution in [0.2, 0.25) is 0 Å². The monoisotopic (exact) mass is 1130 g/mol. The van der Waals surface area contributed by atoms with E-state index >= 15 is 0 Å². The lowest BCUT2D eigenvalue weighted by molar-refractivity contribution is -0.145. The Labute approximate surface area is 452 Å². The van der Waals surface area contributed by atoms with Gasteiger partial charge in [0.2, 0.25) is 59.1 Å². The first-order chi connectivity index (χ1) is 36.3. The molecule has 0 radical (unpaired) electrons. The molecular formula is C45H73N13O17S2. The van der Waals surface area contributed by atoms with Crippen LogP contribution in [0.15, 0.2) is 12.5 Å². The maximum atomic E-state index is 14.1. The molecule has 77 heavy (non-hydrogen) atoms. The largest absolute Gasteiger partial charge is 0.481 e. The van der Waals surface area contributed by atoms with E-state index in [1.165, 1.54) is 24.3 Å². The van der Waals surface area contributed by atoms with Crippen molar-refractivity contribution in [1.29, 1.82) is 0 Å². The third kappa shape index (κ3) is 22.5. The number of aliphatic carboxylic acids is 2. The normalized spacial score (nSPS) is 17.1. The van der Waals surface area contributed by atoms with Crippen molar-refractivity contribution in [2.45, 2.75) is 145 Å². The molecule has 2 heterocycles. The highest BCUT2D eigenvalue weighted by Crippen LogP contribution is 2.21. The number of thiol groups is 1. The number of carbonyl (C=O) groups is 12. The molecular weight excluding hydrogens is 1060 g/mol. The number of aliphatic hydroxyl groups is 3. The highest BCUT2D eigenvalue weighted by Gasteiger charge is 2.41. The van der Waals surface area contributed by atoms with Gasteiger partial charge in [0.1, 0.15) is 48.3 Å². The smallest absolute Gasteiger partial charge is 0.328 e. The fourth-order valence-corrected chi connectivity index (χ4v) is 8.37. The van der Waals surface area contributed by atoms with Crippen molar-refractivity contribution in [3.05, 3.63) is 18.2 Å². The minimum Gasteiger partial charge on any atom is -0.481 e. The molecule has 1 aromatic heterocycles. The molecule has 0 saturated carbocycles. The number of carboxylic acid groups (broad SMARTS) is 2. The molecule has 18 N–H and O–H groups in total. The second-order valence-corrected chi connectivity index (χ2v) is 19.8. The summed E-state index contributed by atoms with van der Waals surface area (Å²) in [5.74, 6) is -12.8. The van der Waals surface area contributed by atoms with Crippen LogP contribution in [0.3, 0.4) is 0 Å². The predicted molar refractivity (Wildman–Crippen MR) is 276 cm³/mol. The number of aromatic amines is 1. The van der Waals surface area contributed by atoms with Crippen LogP contribution in [-0.4, -0.2) is 215 Å². The minimum absolute atomic E-state index is 0.0361. The van der Waals surface area contributed by atoms with Crippen molar-refractivity contribution in [1.82, 2.24) is 57.4 Å². The Bertz CT molecular complexity index is 2210. The Morgan fingerprint density at radius 1 is 0.727 bits per heavy atom. The number of carbonyl (C=O) groups excluding carboxylic acids is 10. The predicted octanol–water partition coefficient (Wildman–Crippen LogP) is -6.54. The number of nitrogens with two attached hydrogens (primary N) is 2. The van der Waals surface area contributed by atoms with E-state index in [2.05, 4.69) is 65.1 Å². The number of carboxylic acids is 2. The molecule has 0 aliphatic carbocycles. The average Bonchev–Trinajstić information content (AvgIpc) is 4.09. The molecule has 0 spiro atoms. The molecule has 0 unspecified atom stereocenters. The number of hydrogen-bond donors (Lipinski definition) is 17. The van der Waals surface area contributed by atoms with Gasteiger partial charge >= 0.3 is 11.9 Å². The summed E-state index contributed by atoms with van der Waals surface area (Å²) in [5, 5.41) is 67.8. The fraction of sp³-hybridized carbons (Fsp3) is 0.667. The Morgan fingerprint density at radius 2 is 1.25 bits per heavy atom. The molecule has 10 amide bonds. The number of imidazole rings is 1. The molecule has 1 aliphatic rings. The maximum absolute atomic E-state index is 14.1. The number of rotatable bonds is 35. The van der Waals surface area contributed by atoms with Crippen molar-refractivity contribution in [3.8, 4) is 0 Å². The van der Waals surface area contributed by atoms with E-state index < -0.39 is 182 Å². The van der Waals surface area contributed by atoms with Gasteiger partial charge in [-0.2, -0.15) is 24.4 Å². The molecule has 30 nitrogen and oxygen atoms in total. The van der Waals surface area contributed by atoms with Gasteiger partial charge in [0.25, 0.3) is 0 Å². The van der Waals surface area contributed by atoms with Crippen molar-refractivity contribution >= 4 is 95.4 Å². The van der Waals surface area contributed by atoms with Gasteiger partial charge in [0.05, 0.1) is 31.7 Å². The van der Waals surface area contributed by atoms with Gasteiger partial charge in [-0.3, -0.25) is 52.7 Å². The van der Waals surface area contributed by atoms with Crippen molar-refractivity contribution in [2.75, 3.05) is 37.5 Å². The molecule has 11 atom stereocenters. The third-order valence-corrected chi connectivity index (χ3v) is 12.8. The standard InChI is InChI=1S/C45H73N13O17S2/c1-21(2)14-27(53-43(72)32-6-5-12-58(32)44(73)26(8-10-34(63)64)51-40(69)29(17-59)54-36(65)24(46)11-13-77-4)38(67)55-30(18-60)41(70)52-28(15-23-16-48-20-49-23)39(68)50-25(7-9-33(47)62)37(66)56-31(19-76)42(71)57-35(22(3)61)45(74)75/h16,20-22,24-32,35,59-61,76H,5-15,17-19,46H2,1-4H3,(H2,47,62)(H,48,49)(H,50,68)(H,51,69)(H,52,70)(H,53,72)(H,54,65)(H,55,67)(H,56,66)(H,57,71)(H,63,64)(H,74,75)/t22-,24+,25+,26+,27+,28+,29+,30+,31+,32+,35+/m1/s1. The summed E-state index contributed by atoms with van der Waals surface area (Å²) in [4.78, 5) is 165. The SMILES string of the molecule is CSCC[C@H](N)C(=O)N[C@@H](CO)C(=O)N[C@@H](CCC(=O)O)C(=O)N1CCC[C@H]1C(=O)N[C@@H](CC(C)C)C(=O)N[C@@H](CO)C(=O)N[C@@H](Cc1cnc[nH]1)C(=O)N[C@@H](CCC(N)=O)C(=O)N[C@@H](CS)C(=O)N[C@H](C(=O)O)[C@@H](C)O. The highest BCUT2D eigenvalue weighted by atomic mass is 32.2. The molecule has 0 bridgehead atoms. The van der Waals surface area contributed by atoms with Gasteiger partial charge in [-0.15, -0.1) is 0 Å². The summed E-state index contributed by atoms with van der Waals surface area (Å²) in [7, 11) is 0. The second-order valence-electron chi connectivity index (χ2n) is 18.5. The van der Waals surface area contributed by atoms with Crippen LogP contribution < -0.4 is 54.0 Å². The summed E-state index contributed by atoms with van der Waals surface area (Å²) in [6.45, 7) is 2.51. The number of hydrogen-bond acceptors (Lipinski definition) is 19. The van der Waals surface area contributed by atoms with Gasteiger partial charge in [-0.1, -0.05) is 13.8 Å². The van der Waals surface area contributed by atoms with Crippen molar-refractivity contribution < 1.29 is 83.1 Å². The third-order valence-electron chi connectivity index (χ3n) is 11.8. The fourth-order valence-electron chi connectivity index (χ4n) is 7.62. The van der Waals surface area contributed by atoms with Gasteiger partial charge < -0.3 is 89.4 Å². The number of primary amides is 1. The van der Waals surface area contributed by atoms with Crippen LogP contribution in [0, 0.1) is 5.92 Å². The van der Waals surface area contributed by atoms with Gasteiger partial charge in [0.15, 0.2) is 6.04 Å². The van der Waals surface area contributed by atoms with E-state index in [1.807, 2.05) is 0 Å². The number of likely N-dealkylation sites (tertiary alicyclic amines) is 1. The van der Waals surface area contributed by atoms with Gasteiger partial charge in [-0.05, 0) is 63.4 Å². The van der Waals surface area contributed by atoms with Crippen molar-refractivity contribution in [3.63, 3.8) is 0 Å². The summed E-state index contributed by atoms with van der Waals surface area (Å²) >= 11 is 5.47. The second kappa shape index (κ2) is 33.5. The average molecular weight is 1130 g/mol. The number of aromatic nitrogens is 2. The Hall–Kier alpha value is -6.61. The molecule has 0 aromatic carbocycles. The van der Waals surface area contributed by atoms with E-state index in [0.717, 1.165) is 11.8 Å². The van der Waals surface area contributed by atoms with Crippen molar-refractivity contribution in [2.24, 2.45) is 17.4 Å². The summed E-state index contributed by atoms with van der Waals surface area (Å²) in [6, 6.07) is -15.2. The lowest BCUT2D eigenvalue weighted by Crippen LogP contribution is -2.61. The highest BCUT2D eigenvalue weighted by molar-refractivity contribution is 7.98. The zero-order valence-electron chi connectivity index (χ0n) is 43.0. The maximum Gasteiger partial charge on any atom is 0.328 e. The molecule has 2 rings (SSSR count). The first-order valence-corrected chi connectivity index (χ1v) is 26.5. The Morgan fingerprint density at radius 3 is 1.77 bits per heavy atom. The minimum atomic E-state index is -1.80. The van der Waals surface area contributed by atoms with E-state index in [4.69, 9.17) is 11.5 Å². The van der Waals surface area contributed by atoms with E-state index in [0.29, 0.717) is 5.75 Å². The first kappa shape index (κ1) is 66.5. The van der Waals surface area contributed by atoms with E-state index in [9.17, 15) is 83.1 Å². The van der Waals surface area contributed by atoms with Crippen LogP contribution in [0.25, 0.3) is 0 Å². The van der Waals surface area contributed by atoms with Crippen LogP contribution >= 0.6 is 24.4 Å². The zero-order chi connectivity index (χ0) is 58.1. The Balaban J connectivity index is 2.34. The van der Waals surface area contributed by atoms with E-state index in [1.54, 1.807) is 20.1 Å². The van der Waals surface area contributed by atoms with E-state index in [-0.39, 0.29) is 50.3 Å². The molecule has 1 saturated heterocycles. The summed E-state index contributed by atoms with van der Waals surface area (Å²) in [5.41, 5.74) is 11.5. The van der Waals surface area contributed by atoms with Crippen LogP contribution in [0.1, 0.15) is 77.8 Å². The van der Waals surface area contributed by atoms with Gasteiger partial charge in [0, 0.05) is 43.5 Å². The number of nitrogens with one attached hydrogen (secondary N) is 9. The molecule has 1 fully saturated rings. The number of thioether (sulfide) groups is 1. The topological polar surface area (TPSA) is 486 Å². The number of amides is 10. The van der Waals surface area contributed by atoms with Crippen LogP contribution in [0.5, 0.6) is 0 Å². The summed E-state index contributed by atoms with van der Waals surface area (Å²) < 4.78 is 0. The number of aliphatic hydroxyl groups excluding tert-OH is 3. The quantitative estimate of drug-likeness (QED) is 0.0281. The molecule has 1 aromatic rings. The van der Waals surface area contributed by atoms with Crippen LogP contribution in [0.4, 0.5) is 0 Å². The lowest BCUT2D eigenvalue weighted by Gasteiger charge is -2.31. The summed E-state index contributed by atoms with van der Waals surface area (Å²) in [6.07, 6.45) is 0.988. The molecule has 432 valence electrons. The zero-order valence-corrected chi connectivity index (χ0v) is 44.7. The number of H-pyrrole nitrogens is 1. The lowest BCUT2D eigenvalue weighted by atomic mass is 10.0. The van der Waals surface area contributed by atoms with Crippen LogP contribution in [-0.2, 0) is 64.0 Å². The first-order valence-electron chi connectivity index (χ1n) is 24.5.